The monoisotopic (exact) mass is 428 g/mol. The molecule has 0 aliphatic carbocycles. The standard InChI is InChI=1S/C22H30N5O4/c1-14(2)9-12-27-20(28)18-19(24(3)22(27)29)23-21-25(10-6-11-26(18)21)16-8-7-15(30-4)13-17(16)31-5/h7-8,13-14,18H,6,9-12H2,1-5H3/q+1. The van der Waals surface area contributed by atoms with Gasteiger partial charge in [0.05, 0.1) is 27.3 Å². The van der Waals surface area contributed by atoms with Crippen molar-refractivity contribution in [3.8, 4) is 11.5 Å². The Morgan fingerprint density at radius 3 is 2.68 bits per heavy atom. The maximum atomic E-state index is 13.4. The summed E-state index contributed by atoms with van der Waals surface area (Å²) < 4.78 is 12.9. The smallest absolute Gasteiger partial charge is 0.397 e. The number of guanidine groups is 1. The minimum absolute atomic E-state index is 0.193. The topological polar surface area (TPSA) is 77.7 Å². The van der Waals surface area contributed by atoms with E-state index in [4.69, 9.17) is 14.5 Å². The molecular weight excluding hydrogens is 398 g/mol. The minimum Gasteiger partial charge on any atom is -0.497 e. The summed E-state index contributed by atoms with van der Waals surface area (Å²) in [5, 5.41) is 0. The van der Waals surface area contributed by atoms with Crippen molar-refractivity contribution in [1.82, 2.24) is 9.80 Å². The van der Waals surface area contributed by atoms with E-state index in [-0.39, 0.29) is 11.9 Å². The third-order valence-corrected chi connectivity index (χ3v) is 6.02. The zero-order chi connectivity index (χ0) is 22.3. The van der Waals surface area contributed by atoms with Crippen LogP contribution in [0.15, 0.2) is 23.2 Å². The molecule has 0 spiro atoms. The van der Waals surface area contributed by atoms with E-state index in [2.05, 4.69) is 18.7 Å². The van der Waals surface area contributed by atoms with Crippen molar-refractivity contribution < 1.29 is 23.6 Å². The van der Waals surface area contributed by atoms with E-state index >= 15 is 0 Å². The third-order valence-electron chi connectivity index (χ3n) is 6.02. The number of benzene rings is 1. The Labute approximate surface area is 182 Å². The lowest BCUT2D eigenvalue weighted by Crippen LogP contribution is -2.63. The highest BCUT2D eigenvalue weighted by molar-refractivity contribution is 6.24. The van der Waals surface area contributed by atoms with Gasteiger partial charge in [0.1, 0.15) is 11.4 Å². The number of urea groups is 1. The molecule has 1 aromatic rings. The number of hydrogen-bond acceptors (Lipinski definition) is 6. The summed E-state index contributed by atoms with van der Waals surface area (Å²) in [5.41, 5.74) is 0.851. The first kappa shape index (κ1) is 21.1. The minimum atomic E-state index is -0.572. The van der Waals surface area contributed by atoms with Gasteiger partial charge in [0.2, 0.25) is 11.9 Å². The molecular formula is C22H30N5O4+. The molecule has 1 saturated heterocycles. The molecule has 0 N–H and O–H groups in total. The van der Waals surface area contributed by atoms with Crippen molar-refractivity contribution in [3.63, 3.8) is 0 Å². The van der Waals surface area contributed by atoms with Gasteiger partial charge in [-0.3, -0.25) is 14.6 Å². The summed E-state index contributed by atoms with van der Waals surface area (Å²) in [6, 6.07) is 4.76. The number of amidine groups is 1. The molecule has 166 valence electrons. The fourth-order valence-corrected chi connectivity index (χ4v) is 4.28. The van der Waals surface area contributed by atoms with Crippen LogP contribution < -0.4 is 14.4 Å². The molecule has 3 heterocycles. The van der Waals surface area contributed by atoms with Crippen LogP contribution in [0.1, 0.15) is 26.7 Å². The van der Waals surface area contributed by atoms with Gasteiger partial charge in [0.15, 0.2) is 5.75 Å². The summed E-state index contributed by atoms with van der Waals surface area (Å²) in [7, 11) is 4.93. The number of amides is 3. The number of aliphatic imine (C=N–C) groups is 1. The summed E-state index contributed by atoms with van der Waals surface area (Å²) in [5.74, 6) is 2.74. The van der Waals surface area contributed by atoms with E-state index < -0.39 is 6.04 Å². The highest BCUT2D eigenvalue weighted by atomic mass is 16.5. The quantitative estimate of drug-likeness (QED) is 0.648. The molecule has 1 fully saturated rings. The number of anilines is 1. The number of nitrogens with zero attached hydrogens (tertiary/aromatic N) is 5. The second kappa shape index (κ2) is 8.20. The molecule has 3 aliphatic heterocycles. The molecule has 9 nitrogen and oxygen atoms in total. The molecule has 9 heteroatoms. The largest absolute Gasteiger partial charge is 0.497 e. The number of imide groups is 1. The van der Waals surface area contributed by atoms with Gasteiger partial charge >= 0.3 is 12.0 Å². The van der Waals surface area contributed by atoms with Gasteiger partial charge in [-0.25, -0.2) is 14.3 Å². The maximum absolute atomic E-state index is 13.4. The Morgan fingerprint density at radius 2 is 2.00 bits per heavy atom. The summed E-state index contributed by atoms with van der Waals surface area (Å²) in [6.45, 7) is 6.03. The lowest BCUT2D eigenvalue weighted by atomic mass is 10.1. The lowest BCUT2D eigenvalue weighted by Gasteiger charge is -2.35. The van der Waals surface area contributed by atoms with Crippen molar-refractivity contribution in [1.29, 1.82) is 0 Å². The van der Waals surface area contributed by atoms with Crippen LogP contribution in [0.25, 0.3) is 0 Å². The predicted molar refractivity (Wildman–Crippen MR) is 117 cm³/mol. The number of fused-ring (bicyclic) bond motifs is 2. The lowest BCUT2D eigenvalue weighted by molar-refractivity contribution is -0.539. The number of rotatable bonds is 6. The van der Waals surface area contributed by atoms with E-state index in [1.165, 1.54) is 9.80 Å². The van der Waals surface area contributed by atoms with Gasteiger partial charge in [0, 0.05) is 26.1 Å². The summed E-state index contributed by atoms with van der Waals surface area (Å²) >= 11 is 0. The van der Waals surface area contributed by atoms with Crippen LogP contribution in [0, 0.1) is 5.92 Å². The SMILES string of the molecule is COc1ccc(N2CCC[N+]3=C2N=C2C3C(=O)N(CCC(C)C)C(=O)N2C)c(OC)c1. The fraction of sp³-hybridized carbons (Fsp3) is 0.545. The highest BCUT2D eigenvalue weighted by Gasteiger charge is 2.54. The second-order valence-electron chi connectivity index (χ2n) is 8.42. The molecule has 0 saturated carbocycles. The van der Waals surface area contributed by atoms with Crippen LogP contribution in [0.5, 0.6) is 11.5 Å². The summed E-state index contributed by atoms with van der Waals surface area (Å²) in [4.78, 5) is 36.0. The van der Waals surface area contributed by atoms with E-state index in [1.54, 1.807) is 21.3 Å². The van der Waals surface area contributed by atoms with Crippen molar-refractivity contribution in [2.24, 2.45) is 10.9 Å². The van der Waals surface area contributed by atoms with E-state index in [1.807, 2.05) is 22.8 Å². The number of hydrogen-bond donors (Lipinski definition) is 0. The highest BCUT2D eigenvalue weighted by Crippen LogP contribution is 2.35. The molecule has 0 bridgehead atoms. The number of likely N-dealkylation sites (N-methyl/N-ethyl adjacent to an activating group) is 1. The first-order chi connectivity index (χ1) is 14.9. The normalized spacial score (nSPS) is 20.9. The zero-order valence-corrected chi connectivity index (χ0v) is 18.8. The molecule has 0 aromatic heterocycles. The molecule has 0 radical (unpaired) electrons. The Kier molecular flexibility index (Phi) is 5.60. The molecule has 3 amide bonds. The van der Waals surface area contributed by atoms with Crippen LogP contribution in [0.2, 0.25) is 0 Å². The van der Waals surface area contributed by atoms with Crippen LogP contribution in [0.3, 0.4) is 0 Å². The first-order valence-electron chi connectivity index (χ1n) is 10.7. The van der Waals surface area contributed by atoms with Crippen LogP contribution in [-0.2, 0) is 4.79 Å². The van der Waals surface area contributed by atoms with Crippen LogP contribution in [-0.4, -0.2) is 85.1 Å². The molecule has 3 aliphatic rings. The number of carbonyl (C=O) groups is 2. The average molecular weight is 429 g/mol. The Bertz CT molecular complexity index is 971. The van der Waals surface area contributed by atoms with Crippen LogP contribution in [0.4, 0.5) is 10.5 Å². The number of carbonyl (C=O) groups excluding carboxylic acids is 2. The van der Waals surface area contributed by atoms with Gasteiger partial charge < -0.3 is 9.47 Å². The average Bonchev–Trinajstić information content (AvgIpc) is 3.17. The first-order valence-corrected chi connectivity index (χ1v) is 10.7. The fourth-order valence-electron chi connectivity index (χ4n) is 4.28. The predicted octanol–water partition coefficient (Wildman–Crippen LogP) is 2.00. The Morgan fingerprint density at radius 1 is 1.23 bits per heavy atom. The molecule has 1 aromatic carbocycles. The van der Waals surface area contributed by atoms with Gasteiger partial charge in [0.25, 0.3) is 5.91 Å². The zero-order valence-electron chi connectivity index (χ0n) is 18.8. The molecule has 1 atom stereocenters. The van der Waals surface area contributed by atoms with Gasteiger partial charge in [-0.2, -0.15) is 0 Å². The molecule has 4 rings (SSSR count). The van der Waals surface area contributed by atoms with Crippen molar-refractivity contribution in [2.45, 2.75) is 32.7 Å². The number of ether oxygens (including phenoxy) is 2. The van der Waals surface area contributed by atoms with Gasteiger partial charge in [-0.1, -0.05) is 18.8 Å². The Balaban J connectivity index is 1.72. The third kappa shape index (κ3) is 3.51. The Hall–Kier alpha value is -3.10. The van der Waals surface area contributed by atoms with Crippen molar-refractivity contribution in [2.75, 3.05) is 45.8 Å². The van der Waals surface area contributed by atoms with Crippen molar-refractivity contribution in [3.05, 3.63) is 18.2 Å². The maximum Gasteiger partial charge on any atom is 0.397 e. The van der Waals surface area contributed by atoms with Gasteiger partial charge in [-0.15, -0.1) is 0 Å². The van der Waals surface area contributed by atoms with Crippen LogP contribution >= 0.6 is 0 Å². The van der Waals surface area contributed by atoms with Gasteiger partial charge in [-0.05, 0) is 24.5 Å². The van der Waals surface area contributed by atoms with Crippen molar-refractivity contribution >= 4 is 29.4 Å². The molecule has 31 heavy (non-hydrogen) atoms. The summed E-state index contributed by atoms with van der Waals surface area (Å²) in [6.07, 6.45) is 1.63. The van der Waals surface area contributed by atoms with E-state index in [0.717, 1.165) is 25.1 Å². The van der Waals surface area contributed by atoms with E-state index in [9.17, 15) is 9.59 Å². The number of methoxy groups -OCH3 is 2. The van der Waals surface area contributed by atoms with E-state index in [0.29, 0.717) is 42.3 Å². The second-order valence-corrected chi connectivity index (χ2v) is 8.42. The molecule has 1 unspecified atom stereocenters.